The second-order valence-corrected chi connectivity index (χ2v) is 5.70. The van der Waals surface area contributed by atoms with Gasteiger partial charge in [0.05, 0.1) is 6.54 Å². The van der Waals surface area contributed by atoms with E-state index in [-0.39, 0.29) is 6.54 Å². The number of carbonyl (C=O) groups excluding carboxylic acids is 2. The van der Waals surface area contributed by atoms with E-state index in [2.05, 4.69) is 5.32 Å². The average Bonchev–Trinajstić information content (AvgIpc) is 2.26. The molecular formula is C12H23N3O3. The molecule has 6 heteroatoms. The highest BCUT2D eigenvalue weighted by atomic mass is 16.6. The molecule has 3 N–H and O–H groups in total. The van der Waals surface area contributed by atoms with Crippen LogP contribution in [0, 0.1) is 0 Å². The normalized spacial score (nSPS) is 24.8. The molecule has 0 radical (unpaired) electrons. The highest BCUT2D eigenvalue weighted by molar-refractivity contribution is 5.86. The number of carbonyl (C=O) groups is 2. The van der Waals surface area contributed by atoms with E-state index in [0.717, 1.165) is 6.42 Å². The first kappa shape index (κ1) is 14.8. The Labute approximate surface area is 108 Å². The number of likely N-dealkylation sites (N-methyl/N-ethyl adjacent to an activating group) is 1. The average molecular weight is 257 g/mol. The predicted octanol–water partition coefficient (Wildman–Crippen LogP) is 0.461. The summed E-state index contributed by atoms with van der Waals surface area (Å²) in [5.74, 6) is -0.432. The Balaban J connectivity index is 2.75. The lowest BCUT2D eigenvalue weighted by Gasteiger charge is -2.40. The quantitative estimate of drug-likeness (QED) is 0.752. The van der Waals surface area contributed by atoms with Gasteiger partial charge in [-0.05, 0) is 40.7 Å². The van der Waals surface area contributed by atoms with Crippen LogP contribution in [0.25, 0.3) is 0 Å². The number of hydrogen-bond donors (Lipinski definition) is 2. The fourth-order valence-corrected chi connectivity index (χ4v) is 2.07. The zero-order chi connectivity index (χ0) is 14.0. The number of rotatable bonds is 2. The van der Waals surface area contributed by atoms with Gasteiger partial charge in [-0.25, -0.2) is 4.79 Å². The fraction of sp³-hybridized carbons (Fsp3) is 0.833. The summed E-state index contributed by atoms with van der Waals surface area (Å²) in [6.45, 7) is 6.29. The number of hydrogen-bond acceptors (Lipinski definition) is 4. The Kier molecular flexibility index (Phi) is 4.21. The maximum absolute atomic E-state index is 12.0. The van der Waals surface area contributed by atoms with Crippen molar-refractivity contribution in [3.05, 3.63) is 0 Å². The molecule has 6 nitrogen and oxygen atoms in total. The summed E-state index contributed by atoms with van der Waals surface area (Å²) < 4.78 is 5.30. The molecule has 1 atom stereocenters. The highest BCUT2D eigenvalue weighted by Gasteiger charge is 2.41. The maximum Gasteiger partial charge on any atom is 0.410 e. The summed E-state index contributed by atoms with van der Waals surface area (Å²) in [7, 11) is 1.68. The molecule has 1 saturated heterocycles. The van der Waals surface area contributed by atoms with Gasteiger partial charge < -0.3 is 20.7 Å². The number of nitrogens with one attached hydrogen (secondary N) is 1. The molecule has 1 heterocycles. The maximum atomic E-state index is 12.0. The molecule has 0 aromatic heterocycles. The van der Waals surface area contributed by atoms with Gasteiger partial charge in [0.25, 0.3) is 0 Å². The Hall–Kier alpha value is -1.30. The van der Waals surface area contributed by atoms with E-state index < -0.39 is 23.1 Å². The Morgan fingerprint density at radius 3 is 2.44 bits per heavy atom. The minimum absolute atomic E-state index is 0.258. The summed E-state index contributed by atoms with van der Waals surface area (Å²) in [5.41, 5.74) is 4.05. The molecular weight excluding hydrogens is 234 g/mol. The molecule has 1 fully saturated rings. The highest BCUT2D eigenvalue weighted by Crippen LogP contribution is 2.22. The van der Waals surface area contributed by atoms with E-state index in [1.807, 2.05) is 20.8 Å². The molecule has 104 valence electrons. The first-order chi connectivity index (χ1) is 8.20. The van der Waals surface area contributed by atoms with Crippen molar-refractivity contribution < 1.29 is 14.3 Å². The molecule has 0 aliphatic carbocycles. The van der Waals surface area contributed by atoms with Crippen molar-refractivity contribution in [2.45, 2.75) is 44.8 Å². The number of nitrogens with two attached hydrogens (primary N) is 1. The molecule has 1 unspecified atom stereocenters. The number of primary amides is 1. The van der Waals surface area contributed by atoms with Gasteiger partial charge in [0, 0.05) is 6.54 Å². The number of nitrogens with zero attached hydrogens (tertiary/aromatic N) is 1. The van der Waals surface area contributed by atoms with E-state index in [9.17, 15) is 9.59 Å². The third kappa shape index (κ3) is 3.35. The third-order valence-corrected chi connectivity index (χ3v) is 3.09. The first-order valence-electron chi connectivity index (χ1n) is 6.17. The van der Waals surface area contributed by atoms with Crippen molar-refractivity contribution in [3.8, 4) is 0 Å². The summed E-state index contributed by atoms with van der Waals surface area (Å²) in [6, 6.07) is 0. The second-order valence-electron chi connectivity index (χ2n) is 5.70. The Bertz CT molecular complexity index is 338. The standard InChI is InChI=1S/C12H23N3O3/c1-11(2,3)18-10(17)15-7-5-6-12(8-15,14-4)9(13)16/h14H,5-8H2,1-4H3,(H2,13,16). The number of likely N-dealkylation sites (tertiary alicyclic amines) is 1. The first-order valence-corrected chi connectivity index (χ1v) is 6.17. The van der Waals surface area contributed by atoms with Gasteiger partial charge >= 0.3 is 6.09 Å². The molecule has 2 amide bonds. The van der Waals surface area contributed by atoms with Crippen LogP contribution in [0.3, 0.4) is 0 Å². The number of piperidine rings is 1. The zero-order valence-electron chi connectivity index (χ0n) is 11.6. The van der Waals surface area contributed by atoms with Crippen LogP contribution < -0.4 is 11.1 Å². The van der Waals surface area contributed by atoms with Crippen LogP contribution >= 0.6 is 0 Å². The summed E-state index contributed by atoms with van der Waals surface area (Å²) in [5, 5.41) is 2.94. The summed E-state index contributed by atoms with van der Waals surface area (Å²) in [6.07, 6.45) is 0.962. The molecule has 1 aliphatic rings. The largest absolute Gasteiger partial charge is 0.444 e. The second kappa shape index (κ2) is 5.14. The van der Waals surface area contributed by atoms with Gasteiger partial charge in [0.2, 0.25) is 5.91 Å². The van der Waals surface area contributed by atoms with Crippen molar-refractivity contribution >= 4 is 12.0 Å². The molecule has 0 saturated carbocycles. The molecule has 0 aromatic carbocycles. The molecule has 1 aliphatic heterocycles. The van der Waals surface area contributed by atoms with Crippen molar-refractivity contribution in [1.29, 1.82) is 0 Å². The molecule has 0 spiro atoms. The predicted molar refractivity (Wildman–Crippen MR) is 68.0 cm³/mol. The topological polar surface area (TPSA) is 84.7 Å². The lowest BCUT2D eigenvalue weighted by atomic mass is 9.88. The van der Waals surface area contributed by atoms with Gasteiger partial charge in [-0.3, -0.25) is 4.79 Å². The van der Waals surface area contributed by atoms with Crippen molar-refractivity contribution in [2.75, 3.05) is 20.1 Å². The van der Waals surface area contributed by atoms with E-state index in [0.29, 0.717) is 13.0 Å². The number of amides is 2. The van der Waals surface area contributed by atoms with E-state index >= 15 is 0 Å². The monoisotopic (exact) mass is 257 g/mol. The van der Waals surface area contributed by atoms with Crippen LogP contribution in [0.2, 0.25) is 0 Å². The van der Waals surface area contributed by atoms with E-state index in [4.69, 9.17) is 10.5 Å². The van der Waals surface area contributed by atoms with Crippen LogP contribution in [-0.2, 0) is 9.53 Å². The van der Waals surface area contributed by atoms with Crippen LogP contribution in [0.4, 0.5) is 4.79 Å². The smallest absolute Gasteiger partial charge is 0.410 e. The van der Waals surface area contributed by atoms with Gasteiger partial charge in [0.15, 0.2) is 0 Å². The Morgan fingerprint density at radius 2 is 2.00 bits per heavy atom. The van der Waals surface area contributed by atoms with Gasteiger partial charge in [0.1, 0.15) is 11.1 Å². The summed E-state index contributed by atoms with van der Waals surface area (Å²) >= 11 is 0. The minimum Gasteiger partial charge on any atom is -0.444 e. The van der Waals surface area contributed by atoms with Crippen molar-refractivity contribution in [2.24, 2.45) is 5.73 Å². The minimum atomic E-state index is -0.838. The van der Waals surface area contributed by atoms with Gasteiger partial charge in [-0.1, -0.05) is 0 Å². The lowest BCUT2D eigenvalue weighted by molar-refractivity contribution is -0.126. The van der Waals surface area contributed by atoms with E-state index in [1.54, 1.807) is 7.05 Å². The Morgan fingerprint density at radius 1 is 1.39 bits per heavy atom. The van der Waals surface area contributed by atoms with Crippen molar-refractivity contribution in [1.82, 2.24) is 10.2 Å². The molecule has 1 rings (SSSR count). The lowest BCUT2D eigenvalue weighted by Crippen LogP contribution is -2.64. The summed E-state index contributed by atoms with van der Waals surface area (Å²) in [4.78, 5) is 25.0. The van der Waals surface area contributed by atoms with E-state index in [1.165, 1.54) is 4.90 Å². The molecule has 18 heavy (non-hydrogen) atoms. The molecule has 0 bridgehead atoms. The zero-order valence-corrected chi connectivity index (χ0v) is 11.6. The third-order valence-electron chi connectivity index (χ3n) is 3.09. The van der Waals surface area contributed by atoms with Gasteiger partial charge in [-0.15, -0.1) is 0 Å². The van der Waals surface area contributed by atoms with Crippen LogP contribution in [0.15, 0.2) is 0 Å². The van der Waals surface area contributed by atoms with Crippen LogP contribution in [0.5, 0.6) is 0 Å². The molecule has 0 aromatic rings. The SMILES string of the molecule is CNC1(C(N)=O)CCCN(C(=O)OC(C)(C)C)C1. The van der Waals surface area contributed by atoms with Crippen LogP contribution in [-0.4, -0.2) is 48.2 Å². The number of ether oxygens (including phenoxy) is 1. The van der Waals surface area contributed by atoms with Crippen molar-refractivity contribution in [3.63, 3.8) is 0 Å². The van der Waals surface area contributed by atoms with Gasteiger partial charge in [-0.2, -0.15) is 0 Å². The van der Waals surface area contributed by atoms with Crippen LogP contribution in [0.1, 0.15) is 33.6 Å². The fourth-order valence-electron chi connectivity index (χ4n) is 2.07.